The van der Waals surface area contributed by atoms with Gasteiger partial charge in [-0.1, -0.05) is 35.0 Å². The van der Waals surface area contributed by atoms with Crippen molar-refractivity contribution in [3.05, 3.63) is 35.4 Å². The van der Waals surface area contributed by atoms with Crippen LogP contribution in [0.25, 0.3) is 0 Å². The van der Waals surface area contributed by atoms with Crippen molar-refractivity contribution < 1.29 is 10.0 Å². The van der Waals surface area contributed by atoms with Crippen LogP contribution in [0, 0.1) is 6.92 Å². The number of hydrogen-bond acceptors (Lipinski definition) is 3. The normalized spacial score (nSPS) is 22.4. The van der Waals surface area contributed by atoms with Crippen LogP contribution in [-0.2, 0) is 4.79 Å². The van der Waals surface area contributed by atoms with Crippen LogP contribution in [0.2, 0.25) is 0 Å². The predicted octanol–water partition coefficient (Wildman–Crippen LogP) is 3.29. The maximum Gasteiger partial charge on any atom is 0.229 e. The quantitative estimate of drug-likeness (QED) is 0.631. The molecule has 0 spiro atoms. The molecule has 1 heterocycles. The van der Waals surface area contributed by atoms with E-state index in [2.05, 4.69) is 5.16 Å². The van der Waals surface area contributed by atoms with Gasteiger partial charge >= 0.3 is 0 Å². The summed E-state index contributed by atoms with van der Waals surface area (Å²) in [6.07, 6.45) is 0.790. The van der Waals surface area contributed by atoms with E-state index in [1.165, 1.54) is 5.56 Å². The summed E-state index contributed by atoms with van der Waals surface area (Å²) in [7, 11) is 0. The van der Waals surface area contributed by atoms with Crippen molar-refractivity contribution in [3.63, 3.8) is 0 Å². The fourth-order valence-corrected chi connectivity index (χ4v) is 2.79. The molecule has 1 aliphatic rings. The highest BCUT2D eigenvalue weighted by atomic mass is 16.4. The SMILES string of the molecule is Cc1ccc([C@@H]2C/C(=N/O)CC(=O)N2C(C)(C)C)cc1. The molecule has 108 valence electrons. The Hall–Kier alpha value is -1.84. The number of rotatable bonds is 1. The molecule has 1 saturated heterocycles. The van der Waals surface area contributed by atoms with E-state index in [0.717, 1.165) is 5.56 Å². The van der Waals surface area contributed by atoms with Crippen LogP contribution in [0.1, 0.15) is 50.8 Å². The van der Waals surface area contributed by atoms with Gasteiger partial charge < -0.3 is 10.1 Å². The third-order valence-electron chi connectivity index (χ3n) is 3.69. The second kappa shape index (κ2) is 5.27. The molecule has 1 N–H and O–H groups in total. The Morgan fingerprint density at radius 1 is 1.25 bits per heavy atom. The standard InChI is InChI=1S/C16H22N2O2/c1-11-5-7-12(8-6-11)14-9-13(17-20)10-15(19)18(14)16(2,3)4/h5-8,14,20H,9-10H2,1-4H3/b17-13-/t14-/m0/s1. The fraction of sp³-hybridized carbons (Fsp3) is 0.500. The summed E-state index contributed by atoms with van der Waals surface area (Å²) in [4.78, 5) is 14.3. The highest BCUT2D eigenvalue weighted by Gasteiger charge is 2.39. The average Bonchev–Trinajstić information content (AvgIpc) is 2.37. The molecule has 0 aliphatic carbocycles. The number of carbonyl (C=O) groups is 1. The van der Waals surface area contributed by atoms with Gasteiger partial charge in [0, 0.05) is 12.0 Å². The lowest BCUT2D eigenvalue weighted by Crippen LogP contribution is -2.51. The zero-order valence-electron chi connectivity index (χ0n) is 12.6. The zero-order chi connectivity index (χ0) is 14.9. The van der Waals surface area contributed by atoms with Crippen molar-refractivity contribution in [1.82, 2.24) is 4.90 Å². The highest BCUT2D eigenvalue weighted by molar-refractivity contribution is 6.03. The second-order valence-electron chi connectivity index (χ2n) is 6.41. The maximum absolute atomic E-state index is 12.4. The Labute approximate surface area is 120 Å². The van der Waals surface area contributed by atoms with Gasteiger partial charge in [-0.15, -0.1) is 0 Å². The fourth-order valence-electron chi connectivity index (χ4n) is 2.79. The van der Waals surface area contributed by atoms with Crippen molar-refractivity contribution in [2.45, 2.75) is 52.1 Å². The number of piperidine rings is 1. The first-order chi connectivity index (χ1) is 9.32. The topological polar surface area (TPSA) is 52.9 Å². The van der Waals surface area contributed by atoms with Crippen LogP contribution in [0.3, 0.4) is 0 Å². The highest BCUT2D eigenvalue weighted by Crippen LogP contribution is 2.35. The van der Waals surface area contributed by atoms with Gasteiger partial charge in [-0.25, -0.2) is 0 Å². The van der Waals surface area contributed by atoms with Crippen molar-refractivity contribution in [1.29, 1.82) is 0 Å². The molecule has 0 aromatic heterocycles. The van der Waals surface area contributed by atoms with E-state index in [4.69, 9.17) is 5.21 Å². The van der Waals surface area contributed by atoms with Crippen molar-refractivity contribution in [3.8, 4) is 0 Å². The minimum atomic E-state index is -0.256. The molecule has 0 bridgehead atoms. The summed E-state index contributed by atoms with van der Waals surface area (Å²) in [6, 6.07) is 8.12. The summed E-state index contributed by atoms with van der Waals surface area (Å²) in [5, 5.41) is 12.3. The summed E-state index contributed by atoms with van der Waals surface area (Å²) >= 11 is 0. The molecule has 1 fully saturated rings. The van der Waals surface area contributed by atoms with Crippen molar-refractivity contribution in [2.75, 3.05) is 0 Å². The van der Waals surface area contributed by atoms with E-state index in [1.807, 2.05) is 56.9 Å². The first-order valence-electron chi connectivity index (χ1n) is 6.91. The Bertz CT molecular complexity index is 526. The molecule has 4 nitrogen and oxygen atoms in total. The number of benzene rings is 1. The molecule has 2 rings (SSSR count). The van der Waals surface area contributed by atoms with Gasteiger partial charge in [0.25, 0.3) is 0 Å². The molecule has 1 aromatic carbocycles. The van der Waals surface area contributed by atoms with Gasteiger partial charge in [-0.3, -0.25) is 4.79 Å². The van der Waals surface area contributed by atoms with Crippen molar-refractivity contribution in [2.24, 2.45) is 5.16 Å². The van der Waals surface area contributed by atoms with Crippen LogP contribution in [0.5, 0.6) is 0 Å². The monoisotopic (exact) mass is 274 g/mol. The first-order valence-corrected chi connectivity index (χ1v) is 6.91. The minimum Gasteiger partial charge on any atom is -0.411 e. The second-order valence-corrected chi connectivity index (χ2v) is 6.41. The molecule has 4 heteroatoms. The zero-order valence-corrected chi connectivity index (χ0v) is 12.6. The smallest absolute Gasteiger partial charge is 0.229 e. The van der Waals surface area contributed by atoms with Gasteiger partial charge in [0.2, 0.25) is 5.91 Å². The van der Waals surface area contributed by atoms with Crippen LogP contribution >= 0.6 is 0 Å². The molecular weight excluding hydrogens is 252 g/mol. The molecule has 0 radical (unpaired) electrons. The summed E-state index contributed by atoms with van der Waals surface area (Å²) in [5.41, 5.74) is 2.57. The van der Waals surface area contributed by atoms with E-state index in [1.54, 1.807) is 0 Å². The Kier molecular flexibility index (Phi) is 3.84. The molecule has 0 unspecified atom stereocenters. The van der Waals surface area contributed by atoms with Gasteiger partial charge in [-0.05, 0) is 33.3 Å². The maximum atomic E-state index is 12.4. The number of hydrogen-bond donors (Lipinski definition) is 1. The van der Waals surface area contributed by atoms with Gasteiger partial charge in [0.05, 0.1) is 18.2 Å². The van der Waals surface area contributed by atoms with Crippen molar-refractivity contribution >= 4 is 11.6 Å². The van der Waals surface area contributed by atoms with E-state index in [0.29, 0.717) is 12.1 Å². The van der Waals surface area contributed by atoms with Crippen LogP contribution in [0.15, 0.2) is 29.4 Å². The molecule has 1 atom stereocenters. The first kappa shape index (κ1) is 14.6. The van der Waals surface area contributed by atoms with E-state index in [9.17, 15) is 4.79 Å². The third-order valence-corrected chi connectivity index (χ3v) is 3.69. The number of likely N-dealkylation sites (tertiary alicyclic amines) is 1. The van der Waals surface area contributed by atoms with E-state index in [-0.39, 0.29) is 23.9 Å². The van der Waals surface area contributed by atoms with E-state index < -0.39 is 0 Å². The largest absolute Gasteiger partial charge is 0.411 e. The van der Waals surface area contributed by atoms with E-state index >= 15 is 0 Å². The predicted molar refractivity (Wildman–Crippen MR) is 79.0 cm³/mol. The summed E-state index contributed by atoms with van der Waals surface area (Å²) in [6.45, 7) is 8.14. The Balaban J connectivity index is 2.43. The molecule has 1 amide bonds. The average molecular weight is 274 g/mol. The van der Waals surface area contributed by atoms with Gasteiger partial charge in [0.1, 0.15) is 0 Å². The van der Waals surface area contributed by atoms with Crippen LogP contribution < -0.4 is 0 Å². The number of oxime groups is 1. The molecule has 1 aliphatic heterocycles. The number of carbonyl (C=O) groups excluding carboxylic acids is 1. The number of nitrogens with zero attached hydrogens (tertiary/aromatic N) is 2. The Morgan fingerprint density at radius 2 is 1.85 bits per heavy atom. The number of amides is 1. The lowest BCUT2D eigenvalue weighted by atomic mass is 9.88. The van der Waals surface area contributed by atoms with Gasteiger partial charge in [0.15, 0.2) is 0 Å². The third kappa shape index (κ3) is 2.84. The Morgan fingerprint density at radius 3 is 2.35 bits per heavy atom. The molecule has 0 saturated carbocycles. The molecule has 20 heavy (non-hydrogen) atoms. The molecule has 1 aromatic rings. The van der Waals surface area contributed by atoms with Crippen LogP contribution in [0.4, 0.5) is 0 Å². The lowest BCUT2D eigenvalue weighted by Gasteiger charge is -2.45. The summed E-state index contributed by atoms with van der Waals surface area (Å²) in [5.74, 6) is 0.0159. The molecular formula is C16H22N2O2. The lowest BCUT2D eigenvalue weighted by molar-refractivity contribution is -0.139. The minimum absolute atomic E-state index is 0.0159. The van der Waals surface area contributed by atoms with Crippen LogP contribution in [-0.4, -0.2) is 27.3 Å². The van der Waals surface area contributed by atoms with Gasteiger partial charge in [-0.2, -0.15) is 0 Å². The summed E-state index contributed by atoms with van der Waals surface area (Å²) < 4.78 is 0. The number of aryl methyl sites for hydroxylation is 1.